The molecule has 0 aliphatic carbocycles. The molecule has 0 aliphatic rings. The fourth-order valence-electron chi connectivity index (χ4n) is 1.84. The summed E-state index contributed by atoms with van der Waals surface area (Å²) in [6.07, 6.45) is 0. The third-order valence-electron chi connectivity index (χ3n) is 3.20. The van der Waals surface area contributed by atoms with E-state index >= 15 is 0 Å². The Hall–Kier alpha value is -2.15. The van der Waals surface area contributed by atoms with E-state index < -0.39 is 15.1 Å². The van der Waals surface area contributed by atoms with Gasteiger partial charge in [-0.15, -0.1) is 10.2 Å². The maximum atomic E-state index is 12.0. The van der Waals surface area contributed by atoms with Crippen LogP contribution in [-0.4, -0.2) is 31.0 Å². The lowest BCUT2D eigenvalue weighted by molar-refractivity contribution is 0.410. The Balaban J connectivity index is 2.09. The lowest BCUT2D eigenvalue weighted by Gasteiger charge is -2.10. The molecule has 118 valence electrons. The number of anilines is 1. The lowest BCUT2D eigenvalue weighted by Crippen LogP contribution is -2.16. The monoisotopic (exact) mass is 321 g/mol. The normalized spacial score (nSPS) is 11.5. The second-order valence-electron chi connectivity index (χ2n) is 5.02. The molecule has 0 saturated carbocycles. The van der Waals surface area contributed by atoms with Gasteiger partial charge in [0, 0.05) is 12.1 Å². The summed E-state index contributed by atoms with van der Waals surface area (Å²) in [4.78, 5) is 0. The molecule has 0 bridgehead atoms. The summed E-state index contributed by atoms with van der Waals surface area (Å²) in [6.45, 7) is 3.74. The predicted molar refractivity (Wildman–Crippen MR) is 84.7 cm³/mol. The zero-order valence-electron chi connectivity index (χ0n) is 12.8. The van der Waals surface area contributed by atoms with Gasteiger partial charge < -0.3 is 10.1 Å². The fraction of sp³-hybridized carbons (Fsp3) is 0.333. The van der Waals surface area contributed by atoms with Crippen LogP contribution < -0.4 is 10.1 Å². The van der Waals surface area contributed by atoms with Crippen molar-refractivity contribution in [2.24, 2.45) is 0 Å². The van der Waals surface area contributed by atoms with Crippen molar-refractivity contribution in [1.29, 1.82) is 0 Å². The van der Waals surface area contributed by atoms with Gasteiger partial charge in [-0.1, -0.05) is 18.2 Å². The van der Waals surface area contributed by atoms with Gasteiger partial charge in [-0.05, 0) is 32.0 Å². The number of ether oxygens (including phenoxy) is 1. The number of nitrogens with one attached hydrogen (secondary N) is 1. The molecule has 1 aromatic heterocycles. The average molecular weight is 321 g/mol. The number of methoxy groups -OCH3 is 1. The van der Waals surface area contributed by atoms with Gasteiger partial charge in [0.15, 0.2) is 14.9 Å². The maximum Gasteiger partial charge on any atom is 0.199 e. The van der Waals surface area contributed by atoms with Crippen LogP contribution in [0.4, 0.5) is 5.82 Å². The van der Waals surface area contributed by atoms with E-state index in [-0.39, 0.29) is 5.03 Å². The summed E-state index contributed by atoms with van der Waals surface area (Å²) in [5, 5.41) is 10.3. The Bertz CT molecular complexity index is 728. The van der Waals surface area contributed by atoms with Crippen LogP contribution in [-0.2, 0) is 16.4 Å². The number of benzene rings is 1. The molecule has 0 atom stereocenters. The van der Waals surface area contributed by atoms with Gasteiger partial charge in [-0.2, -0.15) is 0 Å². The zero-order valence-corrected chi connectivity index (χ0v) is 13.6. The van der Waals surface area contributed by atoms with E-state index in [4.69, 9.17) is 4.74 Å². The highest BCUT2D eigenvalue weighted by Gasteiger charge is 2.21. The Morgan fingerprint density at radius 2 is 1.86 bits per heavy atom. The van der Waals surface area contributed by atoms with Gasteiger partial charge in [-0.3, -0.25) is 0 Å². The highest BCUT2D eigenvalue weighted by Crippen LogP contribution is 2.19. The molecule has 2 aromatic rings. The van der Waals surface area contributed by atoms with Crippen LogP contribution in [0.2, 0.25) is 0 Å². The van der Waals surface area contributed by atoms with Crippen LogP contribution >= 0.6 is 0 Å². The van der Waals surface area contributed by atoms with Crippen LogP contribution in [0.25, 0.3) is 0 Å². The quantitative estimate of drug-likeness (QED) is 0.879. The molecule has 0 aliphatic heterocycles. The second-order valence-corrected chi connectivity index (χ2v) is 7.47. The van der Waals surface area contributed by atoms with Crippen molar-refractivity contribution in [3.05, 3.63) is 42.0 Å². The highest BCUT2D eigenvalue weighted by atomic mass is 32.2. The maximum absolute atomic E-state index is 12.0. The van der Waals surface area contributed by atoms with Crippen LogP contribution in [0.15, 0.2) is 41.4 Å². The number of para-hydroxylation sites is 1. The molecule has 0 saturated heterocycles. The lowest BCUT2D eigenvalue weighted by atomic mass is 10.2. The number of sulfone groups is 1. The Labute approximate surface area is 130 Å². The first kappa shape index (κ1) is 16.2. The molecule has 1 N–H and O–H groups in total. The number of hydrogen-bond donors (Lipinski definition) is 1. The molecule has 22 heavy (non-hydrogen) atoms. The molecule has 0 radical (unpaired) electrons. The van der Waals surface area contributed by atoms with Gasteiger partial charge >= 0.3 is 0 Å². The third-order valence-corrected chi connectivity index (χ3v) is 5.25. The number of nitrogens with zero attached hydrogens (tertiary/aromatic N) is 2. The zero-order chi connectivity index (χ0) is 16.2. The molecule has 1 aromatic carbocycles. The molecule has 1 heterocycles. The van der Waals surface area contributed by atoms with Gasteiger partial charge in [0.1, 0.15) is 11.6 Å². The van der Waals surface area contributed by atoms with Crippen molar-refractivity contribution in [3.63, 3.8) is 0 Å². The van der Waals surface area contributed by atoms with Gasteiger partial charge in [-0.25, -0.2) is 8.42 Å². The molecule has 7 heteroatoms. The summed E-state index contributed by atoms with van der Waals surface area (Å²) >= 11 is 0. The molecular formula is C15H19N3O3S. The van der Waals surface area contributed by atoms with Crippen LogP contribution in [0.5, 0.6) is 5.75 Å². The minimum Gasteiger partial charge on any atom is -0.496 e. The Kier molecular flexibility index (Phi) is 4.97. The van der Waals surface area contributed by atoms with E-state index in [9.17, 15) is 8.42 Å². The van der Waals surface area contributed by atoms with Gasteiger partial charge in [0.2, 0.25) is 0 Å². The fourth-order valence-corrected chi connectivity index (χ4v) is 2.74. The van der Waals surface area contributed by atoms with Crippen molar-refractivity contribution in [2.45, 2.75) is 30.7 Å². The summed E-state index contributed by atoms with van der Waals surface area (Å²) in [5.74, 6) is 1.29. The predicted octanol–water partition coefficient (Wildman–Crippen LogP) is 2.28. The van der Waals surface area contributed by atoms with E-state index in [1.807, 2.05) is 24.3 Å². The van der Waals surface area contributed by atoms with Gasteiger partial charge in [0.05, 0.1) is 12.4 Å². The average Bonchev–Trinajstić information content (AvgIpc) is 2.53. The largest absolute Gasteiger partial charge is 0.496 e. The van der Waals surface area contributed by atoms with E-state index in [0.29, 0.717) is 12.4 Å². The first-order chi connectivity index (χ1) is 10.4. The van der Waals surface area contributed by atoms with Crippen LogP contribution in [0.1, 0.15) is 19.4 Å². The third kappa shape index (κ3) is 3.54. The first-order valence-electron chi connectivity index (χ1n) is 6.88. The molecule has 2 rings (SSSR count). The highest BCUT2D eigenvalue weighted by molar-refractivity contribution is 7.91. The smallest absolute Gasteiger partial charge is 0.199 e. The molecule has 0 spiro atoms. The topological polar surface area (TPSA) is 81.2 Å². The summed E-state index contributed by atoms with van der Waals surface area (Å²) < 4.78 is 29.2. The summed E-state index contributed by atoms with van der Waals surface area (Å²) in [5.41, 5.74) is 0.977. The molecule has 0 amide bonds. The standard InChI is InChI=1S/C15H19N3O3S/c1-11(2)22(19,20)15-9-8-14(17-18-15)16-10-12-6-4-5-7-13(12)21-3/h4-9,11H,10H2,1-3H3,(H,16,17). The Morgan fingerprint density at radius 3 is 2.45 bits per heavy atom. The molecular weight excluding hydrogens is 302 g/mol. The first-order valence-corrected chi connectivity index (χ1v) is 8.43. The van der Waals surface area contributed by atoms with E-state index in [1.165, 1.54) is 6.07 Å². The summed E-state index contributed by atoms with van der Waals surface area (Å²) in [6, 6.07) is 10.7. The Morgan fingerprint density at radius 1 is 1.14 bits per heavy atom. The van der Waals surface area contributed by atoms with Crippen LogP contribution in [0.3, 0.4) is 0 Å². The van der Waals surface area contributed by atoms with E-state index in [2.05, 4.69) is 15.5 Å². The van der Waals surface area contributed by atoms with Crippen molar-refractivity contribution in [3.8, 4) is 5.75 Å². The van der Waals surface area contributed by atoms with Crippen LogP contribution in [0, 0.1) is 0 Å². The summed E-state index contributed by atoms with van der Waals surface area (Å²) in [7, 11) is -1.78. The van der Waals surface area contributed by atoms with E-state index in [1.54, 1.807) is 27.0 Å². The molecule has 0 fully saturated rings. The molecule has 0 unspecified atom stereocenters. The van der Waals surface area contributed by atoms with Crippen molar-refractivity contribution < 1.29 is 13.2 Å². The minimum atomic E-state index is -3.39. The number of hydrogen-bond acceptors (Lipinski definition) is 6. The number of aromatic nitrogens is 2. The minimum absolute atomic E-state index is 0.00894. The van der Waals surface area contributed by atoms with Crippen molar-refractivity contribution in [2.75, 3.05) is 12.4 Å². The van der Waals surface area contributed by atoms with Crippen molar-refractivity contribution >= 4 is 15.7 Å². The second kappa shape index (κ2) is 6.74. The SMILES string of the molecule is COc1ccccc1CNc1ccc(S(=O)(=O)C(C)C)nn1. The number of rotatable bonds is 6. The van der Waals surface area contributed by atoms with Gasteiger partial charge in [0.25, 0.3) is 0 Å². The molecule has 6 nitrogen and oxygen atoms in total. The van der Waals surface area contributed by atoms with Crippen molar-refractivity contribution in [1.82, 2.24) is 10.2 Å². The van der Waals surface area contributed by atoms with E-state index in [0.717, 1.165) is 11.3 Å².